The Morgan fingerprint density at radius 1 is 1.50 bits per heavy atom. The number of hydrogen-bond acceptors (Lipinski definition) is 4. The van der Waals surface area contributed by atoms with Crippen LogP contribution in [0.3, 0.4) is 0 Å². The fraction of sp³-hybridized carbons (Fsp3) is 0.750. The molecule has 0 saturated carbocycles. The molecule has 18 heavy (non-hydrogen) atoms. The number of nitrogens with one attached hydrogen (secondary N) is 1. The van der Waals surface area contributed by atoms with Crippen LogP contribution in [0, 0.1) is 0 Å². The molecule has 102 valence electrons. The SMILES string of the molecule is CC(C)NCc1cn(CCCC(=O)N(C)C)nn1. The molecular weight excluding hydrogens is 230 g/mol. The summed E-state index contributed by atoms with van der Waals surface area (Å²) in [4.78, 5) is 13.0. The average molecular weight is 253 g/mol. The molecule has 1 aromatic heterocycles. The molecule has 0 aliphatic rings. The van der Waals surface area contributed by atoms with Crippen LogP contribution in [0.25, 0.3) is 0 Å². The van der Waals surface area contributed by atoms with Crippen LogP contribution in [0.15, 0.2) is 6.20 Å². The zero-order valence-electron chi connectivity index (χ0n) is 11.7. The highest BCUT2D eigenvalue weighted by atomic mass is 16.2. The van der Waals surface area contributed by atoms with Gasteiger partial charge in [0.15, 0.2) is 0 Å². The summed E-state index contributed by atoms with van der Waals surface area (Å²) < 4.78 is 1.79. The summed E-state index contributed by atoms with van der Waals surface area (Å²) in [7, 11) is 3.54. The Morgan fingerprint density at radius 3 is 2.83 bits per heavy atom. The molecule has 6 heteroatoms. The standard InChI is InChI=1S/C12H23N5O/c1-10(2)13-8-11-9-17(15-14-11)7-5-6-12(18)16(3)4/h9-10,13H,5-8H2,1-4H3. The van der Waals surface area contributed by atoms with Gasteiger partial charge in [0, 0.05) is 45.8 Å². The van der Waals surface area contributed by atoms with E-state index in [1.54, 1.807) is 23.7 Å². The van der Waals surface area contributed by atoms with E-state index < -0.39 is 0 Å². The summed E-state index contributed by atoms with van der Waals surface area (Å²) in [5.41, 5.74) is 0.933. The number of carbonyl (C=O) groups is 1. The monoisotopic (exact) mass is 253 g/mol. The summed E-state index contributed by atoms with van der Waals surface area (Å²) in [6.07, 6.45) is 3.26. The fourth-order valence-corrected chi connectivity index (χ4v) is 1.45. The van der Waals surface area contributed by atoms with Crippen molar-refractivity contribution in [2.24, 2.45) is 0 Å². The van der Waals surface area contributed by atoms with Crippen LogP contribution in [-0.2, 0) is 17.9 Å². The molecule has 1 heterocycles. The van der Waals surface area contributed by atoms with E-state index in [0.29, 0.717) is 12.5 Å². The highest BCUT2D eigenvalue weighted by Crippen LogP contribution is 1.99. The first-order chi connectivity index (χ1) is 8.49. The number of hydrogen-bond donors (Lipinski definition) is 1. The molecule has 0 aromatic carbocycles. The van der Waals surface area contributed by atoms with Crippen LogP contribution < -0.4 is 5.32 Å². The van der Waals surface area contributed by atoms with Gasteiger partial charge in [0.05, 0.1) is 5.69 Å². The Hall–Kier alpha value is -1.43. The van der Waals surface area contributed by atoms with E-state index in [-0.39, 0.29) is 5.91 Å². The number of amides is 1. The molecule has 0 fully saturated rings. The summed E-state index contributed by atoms with van der Waals surface area (Å²) in [6, 6.07) is 0.438. The van der Waals surface area contributed by atoms with Gasteiger partial charge in [0.25, 0.3) is 0 Å². The Kier molecular flexibility index (Phi) is 5.77. The van der Waals surface area contributed by atoms with Crippen LogP contribution in [0.5, 0.6) is 0 Å². The van der Waals surface area contributed by atoms with Crippen molar-refractivity contribution in [3.8, 4) is 0 Å². The largest absolute Gasteiger partial charge is 0.349 e. The Balaban J connectivity index is 2.29. The third-order valence-electron chi connectivity index (χ3n) is 2.55. The minimum Gasteiger partial charge on any atom is -0.349 e. The predicted octanol–water partition coefficient (Wildman–Crippen LogP) is 0.644. The number of nitrogens with zero attached hydrogens (tertiary/aromatic N) is 4. The Bertz CT molecular complexity index is 372. The number of rotatable bonds is 7. The van der Waals surface area contributed by atoms with Gasteiger partial charge in [-0.05, 0) is 6.42 Å². The lowest BCUT2D eigenvalue weighted by Crippen LogP contribution is -2.22. The zero-order chi connectivity index (χ0) is 13.5. The molecule has 0 aliphatic heterocycles. The second-order valence-electron chi connectivity index (χ2n) is 4.90. The predicted molar refractivity (Wildman–Crippen MR) is 69.9 cm³/mol. The van der Waals surface area contributed by atoms with Gasteiger partial charge in [-0.25, -0.2) is 0 Å². The first-order valence-electron chi connectivity index (χ1n) is 6.31. The first-order valence-corrected chi connectivity index (χ1v) is 6.31. The molecule has 0 aliphatic carbocycles. The summed E-state index contributed by atoms with van der Waals surface area (Å²) in [6.45, 7) is 5.65. The summed E-state index contributed by atoms with van der Waals surface area (Å²) >= 11 is 0. The number of carbonyl (C=O) groups excluding carboxylic acids is 1. The lowest BCUT2D eigenvalue weighted by Gasteiger charge is -2.09. The van der Waals surface area contributed by atoms with E-state index in [1.807, 2.05) is 6.20 Å². The number of aryl methyl sites for hydroxylation is 1. The second-order valence-corrected chi connectivity index (χ2v) is 4.90. The molecule has 0 bridgehead atoms. The third kappa shape index (κ3) is 5.27. The molecule has 1 amide bonds. The second kappa shape index (κ2) is 7.10. The van der Waals surface area contributed by atoms with Crippen molar-refractivity contribution in [2.75, 3.05) is 14.1 Å². The zero-order valence-corrected chi connectivity index (χ0v) is 11.7. The van der Waals surface area contributed by atoms with Gasteiger partial charge in [0.1, 0.15) is 0 Å². The highest BCUT2D eigenvalue weighted by Gasteiger charge is 2.05. The lowest BCUT2D eigenvalue weighted by molar-refractivity contribution is -0.128. The van der Waals surface area contributed by atoms with Gasteiger partial charge in [-0.1, -0.05) is 19.1 Å². The minimum atomic E-state index is 0.150. The van der Waals surface area contributed by atoms with Crippen LogP contribution in [0.2, 0.25) is 0 Å². The highest BCUT2D eigenvalue weighted by molar-refractivity contribution is 5.75. The van der Waals surface area contributed by atoms with Crippen molar-refractivity contribution in [1.82, 2.24) is 25.2 Å². The van der Waals surface area contributed by atoms with Crippen molar-refractivity contribution in [3.05, 3.63) is 11.9 Å². The van der Waals surface area contributed by atoms with Crippen molar-refractivity contribution in [1.29, 1.82) is 0 Å². The van der Waals surface area contributed by atoms with Gasteiger partial charge in [-0.2, -0.15) is 0 Å². The average Bonchev–Trinajstić information content (AvgIpc) is 2.74. The van der Waals surface area contributed by atoms with E-state index in [0.717, 1.165) is 25.2 Å². The maximum absolute atomic E-state index is 11.4. The summed E-state index contributed by atoms with van der Waals surface area (Å²) in [5.74, 6) is 0.150. The van der Waals surface area contributed by atoms with E-state index in [1.165, 1.54) is 0 Å². The minimum absolute atomic E-state index is 0.150. The molecule has 0 atom stereocenters. The molecular formula is C12H23N5O. The van der Waals surface area contributed by atoms with Gasteiger partial charge in [0.2, 0.25) is 5.91 Å². The van der Waals surface area contributed by atoms with Crippen molar-refractivity contribution in [2.45, 2.75) is 45.8 Å². The van der Waals surface area contributed by atoms with E-state index in [9.17, 15) is 4.79 Å². The topological polar surface area (TPSA) is 63.1 Å². The van der Waals surface area contributed by atoms with Gasteiger partial charge in [-0.15, -0.1) is 5.10 Å². The van der Waals surface area contributed by atoms with E-state index >= 15 is 0 Å². The molecule has 1 rings (SSSR count). The van der Waals surface area contributed by atoms with Crippen molar-refractivity contribution >= 4 is 5.91 Å². The third-order valence-corrected chi connectivity index (χ3v) is 2.55. The smallest absolute Gasteiger partial charge is 0.222 e. The van der Waals surface area contributed by atoms with Crippen LogP contribution >= 0.6 is 0 Å². The Morgan fingerprint density at radius 2 is 2.22 bits per heavy atom. The molecule has 0 radical (unpaired) electrons. The van der Waals surface area contributed by atoms with Crippen LogP contribution in [-0.4, -0.2) is 45.9 Å². The summed E-state index contributed by atoms with van der Waals surface area (Å²) in [5, 5.41) is 11.4. The van der Waals surface area contributed by atoms with E-state index in [2.05, 4.69) is 29.5 Å². The van der Waals surface area contributed by atoms with Crippen molar-refractivity contribution < 1.29 is 4.79 Å². The fourth-order valence-electron chi connectivity index (χ4n) is 1.45. The first kappa shape index (κ1) is 14.6. The van der Waals surface area contributed by atoms with E-state index in [4.69, 9.17) is 0 Å². The molecule has 6 nitrogen and oxygen atoms in total. The number of aromatic nitrogens is 3. The molecule has 0 spiro atoms. The van der Waals surface area contributed by atoms with Crippen LogP contribution in [0.1, 0.15) is 32.4 Å². The van der Waals surface area contributed by atoms with Crippen molar-refractivity contribution in [3.63, 3.8) is 0 Å². The molecule has 1 N–H and O–H groups in total. The Labute approximate surface area is 108 Å². The normalized spacial score (nSPS) is 10.9. The molecule has 0 saturated heterocycles. The van der Waals surface area contributed by atoms with Crippen LogP contribution in [0.4, 0.5) is 0 Å². The lowest BCUT2D eigenvalue weighted by atomic mass is 10.3. The quantitative estimate of drug-likeness (QED) is 0.775. The van der Waals surface area contributed by atoms with Gasteiger partial charge in [-0.3, -0.25) is 9.48 Å². The maximum atomic E-state index is 11.4. The maximum Gasteiger partial charge on any atom is 0.222 e. The van der Waals surface area contributed by atoms with Gasteiger partial charge >= 0.3 is 0 Å². The molecule has 1 aromatic rings. The van der Waals surface area contributed by atoms with Gasteiger partial charge < -0.3 is 10.2 Å². The molecule has 0 unspecified atom stereocenters.